The van der Waals surface area contributed by atoms with Gasteiger partial charge in [-0.3, -0.25) is 10.1 Å². The number of nitro groups is 1. The molecular formula is C13H17N3O3S. The third kappa shape index (κ3) is 3.43. The minimum Gasteiger partial charge on any atom is -0.396 e. The lowest BCUT2D eigenvalue weighted by molar-refractivity contribution is -0.383. The number of nitro benzene ring substituents is 1. The zero-order valence-corrected chi connectivity index (χ0v) is 11.8. The predicted molar refractivity (Wildman–Crippen MR) is 80.7 cm³/mol. The molecule has 1 aromatic carbocycles. The second kappa shape index (κ2) is 6.62. The number of likely N-dealkylation sites (tertiary alicyclic amines) is 1. The minimum atomic E-state index is -0.433. The number of thiocarbonyl (C=S) groups is 1. The van der Waals surface area contributed by atoms with Gasteiger partial charge in [0.25, 0.3) is 5.69 Å². The van der Waals surface area contributed by atoms with Crippen LogP contribution in [0.15, 0.2) is 24.3 Å². The Morgan fingerprint density at radius 1 is 1.55 bits per heavy atom. The summed E-state index contributed by atoms with van der Waals surface area (Å²) in [6.07, 6.45) is 1.95. The molecule has 0 bridgehead atoms. The van der Waals surface area contributed by atoms with Crippen LogP contribution in [0.4, 0.5) is 11.4 Å². The number of aliphatic hydroxyl groups excluding tert-OH is 1. The maximum Gasteiger partial charge on any atom is 0.292 e. The van der Waals surface area contributed by atoms with Gasteiger partial charge in [-0.05, 0) is 37.0 Å². The van der Waals surface area contributed by atoms with Gasteiger partial charge in [-0.1, -0.05) is 12.1 Å². The first-order chi connectivity index (χ1) is 9.61. The van der Waals surface area contributed by atoms with Gasteiger partial charge in [0, 0.05) is 25.8 Å². The first-order valence-corrected chi connectivity index (χ1v) is 6.93. The highest BCUT2D eigenvalue weighted by Crippen LogP contribution is 2.24. The molecule has 2 N–H and O–H groups in total. The van der Waals surface area contributed by atoms with Crippen LogP contribution < -0.4 is 5.32 Å². The summed E-state index contributed by atoms with van der Waals surface area (Å²) < 4.78 is 0. The number of piperidine rings is 1. The van der Waals surface area contributed by atoms with E-state index in [1.165, 1.54) is 6.07 Å². The molecule has 7 heteroatoms. The first kappa shape index (κ1) is 14.7. The quantitative estimate of drug-likeness (QED) is 0.504. The van der Waals surface area contributed by atoms with Crippen molar-refractivity contribution in [3.63, 3.8) is 0 Å². The van der Waals surface area contributed by atoms with Gasteiger partial charge in [0.1, 0.15) is 5.69 Å². The van der Waals surface area contributed by atoms with Gasteiger partial charge < -0.3 is 15.3 Å². The van der Waals surface area contributed by atoms with Crippen molar-refractivity contribution in [1.82, 2.24) is 4.90 Å². The first-order valence-electron chi connectivity index (χ1n) is 6.52. The van der Waals surface area contributed by atoms with E-state index in [2.05, 4.69) is 5.32 Å². The van der Waals surface area contributed by atoms with Crippen molar-refractivity contribution < 1.29 is 10.0 Å². The third-order valence-corrected chi connectivity index (χ3v) is 3.77. The summed E-state index contributed by atoms with van der Waals surface area (Å²) in [6.45, 7) is 1.64. The zero-order chi connectivity index (χ0) is 14.5. The molecular weight excluding hydrogens is 278 g/mol. The van der Waals surface area contributed by atoms with E-state index >= 15 is 0 Å². The van der Waals surface area contributed by atoms with Crippen LogP contribution in [0.25, 0.3) is 0 Å². The molecule has 2 rings (SSSR count). The summed E-state index contributed by atoms with van der Waals surface area (Å²) in [4.78, 5) is 12.5. The van der Waals surface area contributed by atoms with Crippen LogP contribution in [0, 0.1) is 16.0 Å². The molecule has 1 fully saturated rings. The monoisotopic (exact) mass is 295 g/mol. The molecule has 0 saturated carbocycles. The third-order valence-electron chi connectivity index (χ3n) is 3.41. The summed E-state index contributed by atoms with van der Waals surface area (Å²) in [5.41, 5.74) is 0.402. The molecule has 0 amide bonds. The maximum atomic E-state index is 11.0. The summed E-state index contributed by atoms with van der Waals surface area (Å²) in [5.74, 6) is 0.217. The van der Waals surface area contributed by atoms with E-state index in [-0.39, 0.29) is 18.2 Å². The molecule has 6 nitrogen and oxygen atoms in total. The molecule has 108 valence electrons. The van der Waals surface area contributed by atoms with Crippen LogP contribution in [0.5, 0.6) is 0 Å². The van der Waals surface area contributed by atoms with E-state index in [9.17, 15) is 15.2 Å². The highest BCUT2D eigenvalue weighted by Gasteiger charge is 2.22. The molecule has 1 aromatic rings. The van der Waals surface area contributed by atoms with E-state index in [0.29, 0.717) is 17.3 Å². The van der Waals surface area contributed by atoms with Gasteiger partial charge in [-0.2, -0.15) is 0 Å². The van der Waals surface area contributed by atoms with Crippen LogP contribution in [0.2, 0.25) is 0 Å². The van der Waals surface area contributed by atoms with Crippen LogP contribution >= 0.6 is 12.2 Å². The second-order valence-corrected chi connectivity index (χ2v) is 5.23. The predicted octanol–water partition coefficient (Wildman–Crippen LogP) is 2.00. The topological polar surface area (TPSA) is 78.6 Å². The molecule has 1 aliphatic rings. The number of para-hydroxylation sites is 2. The van der Waals surface area contributed by atoms with Crippen molar-refractivity contribution in [1.29, 1.82) is 0 Å². The van der Waals surface area contributed by atoms with Crippen LogP contribution in [-0.4, -0.2) is 39.7 Å². The fraction of sp³-hybridized carbons (Fsp3) is 0.462. The van der Waals surface area contributed by atoms with E-state index in [4.69, 9.17) is 12.2 Å². The van der Waals surface area contributed by atoms with E-state index in [1.807, 2.05) is 4.90 Å². The Bertz CT molecular complexity index is 509. The van der Waals surface area contributed by atoms with Crippen molar-refractivity contribution in [2.24, 2.45) is 5.92 Å². The van der Waals surface area contributed by atoms with Gasteiger partial charge in [0.2, 0.25) is 0 Å². The minimum absolute atomic E-state index is 0.00516. The van der Waals surface area contributed by atoms with Crippen LogP contribution in [-0.2, 0) is 0 Å². The number of rotatable bonds is 3. The van der Waals surface area contributed by atoms with Gasteiger partial charge in [0.05, 0.1) is 4.92 Å². The zero-order valence-electron chi connectivity index (χ0n) is 11.0. The van der Waals surface area contributed by atoms with Crippen molar-refractivity contribution >= 4 is 28.7 Å². The lowest BCUT2D eigenvalue weighted by atomic mass is 9.99. The average molecular weight is 295 g/mol. The number of anilines is 1. The molecule has 1 atom stereocenters. The fourth-order valence-corrected chi connectivity index (χ4v) is 2.61. The molecule has 20 heavy (non-hydrogen) atoms. The second-order valence-electron chi connectivity index (χ2n) is 4.84. The summed E-state index contributed by atoms with van der Waals surface area (Å²) in [6, 6.07) is 6.43. The van der Waals surface area contributed by atoms with Crippen molar-refractivity contribution in [3.05, 3.63) is 34.4 Å². The van der Waals surface area contributed by atoms with Crippen molar-refractivity contribution in [2.75, 3.05) is 25.0 Å². The molecule has 0 radical (unpaired) electrons. The lowest BCUT2D eigenvalue weighted by Crippen LogP contribution is -2.43. The van der Waals surface area contributed by atoms with Crippen molar-refractivity contribution in [3.8, 4) is 0 Å². The van der Waals surface area contributed by atoms with Crippen molar-refractivity contribution in [2.45, 2.75) is 12.8 Å². The van der Waals surface area contributed by atoms with E-state index in [1.54, 1.807) is 18.2 Å². The summed E-state index contributed by atoms with van der Waals surface area (Å²) in [7, 11) is 0. The SMILES string of the molecule is O=[N+]([O-])c1ccccc1NC(=S)N1CCCC(CO)C1. The highest BCUT2D eigenvalue weighted by molar-refractivity contribution is 7.80. The molecule has 0 spiro atoms. The maximum absolute atomic E-state index is 11.0. The molecule has 0 aliphatic carbocycles. The molecule has 1 aliphatic heterocycles. The van der Waals surface area contributed by atoms with Gasteiger partial charge in [-0.25, -0.2) is 0 Å². The average Bonchev–Trinajstić information content (AvgIpc) is 2.47. The Morgan fingerprint density at radius 2 is 2.30 bits per heavy atom. The number of hydrogen-bond acceptors (Lipinski definition) is 4. The van der Waals surface area contributed by atoms with Gasteiger partial charge in [-0.15, -0.1) is 0 Å². The number of hydrogen-bond donors (Lipinski definition) is 2. The standard InChI is InChI=1S/C13H17N3O3S/c17-9-10-4-3-7-15(8-10)13(20)14-11-5-1-2-6-12(11)16(18)19/h1-2,5-6,10,17H,3-4,7-9H2,(H,14,20). The Hall–Kier alpha value is -1.73. The van der Waals surface area contributed by atoms with Crippen LogP contribution in [0.1, 0.15) is 12.8 Å². The Balaban J connectivity index is 2.06. The molecule has 1 unspecified atom stereocenters. The molecule has 0 aromatic heterocycles. The lowest BCUT2D eigenvalue weighted by Gasteiger charge is -2.33. The number of nitrogens with one attached hydrogen (secondary N) is 1. The fourth-order valence-electron chi connectivity index (χ4n) is 2.33. The number of aliphatic hydroxyl groups is 1. The Morgan fingerprint density at radius 3 is 3.00 bits per heavy atom. The summed E-state index contributed by atoms with van der Waals surface area (Å²) >= 11 is 5.31. The Labute approximate surface area is 122 Å². The van der Waals surface area contributed by atoms with E-state index < -0.39 is 4.92 Å². The van der Waals surface area contributed by atoms with Crippen LogP contribution in [0.3, 0.4) is 0 Å². The van der Waals surface area contributed by atoms with E-state index in [0.717, 1.165) is 19.4 Å². The largest absolute Gasteiger partial charge is 0.396 e. The highest BCUT2D eigenvalue weighted by atomic mass is 32.1. The molecule has 1 saturated heterocycles. The van der Waals surface area contributed by atoms with Gasteiger partial charge >= 0.3 is 0 Å². The number of nitrogens with zero attached hydrogens (tertiary/aromatic N) is 2. The number of benzene rings is 1. The molecule has 1 heterocycles. The smallest absolute Gasteiger partial charge is 0.292 e. The summed E-state index contributed by atoms with van der Waals surface area (Å²) in [5, 5.41) is 23.6. The Kier molecular flexibility index (Phi) is 4.86. The van der Waals surface area contributed by atoms with Gasteiger partial charge in [0.15, 0.2) is 5.11 Å². The normalized spacial score (nSPS) is 18.6.